The summed E-state index contributed by atoms with van der Waals surface area (Å²) < 4.78 is 38.9. The first-order chi connectivity index (χ1) is 12.0. The van der Waals surface area contributed by atoms with E-state index in [0.29, 0.717) is 25.5 Å². The van der Waals surface area contributed by atoms with E-state index in [2.05, 4.69) is 0 Å². The molecule has 3 rings (SSSR count). The van der Waals surface area contributed by atoms with Crippen molar-refractivity contribution >= 4 is 10.0 Å². The van der Waals surface area contributed by atoms with Crippen molar-refractivity contribution in [3.63, 3.8) is 0 Å². The van der Waals surface area contributed by atoms with E-state index in [0.717, 1.165) is 5.56 Å². The van der Waals surface area contributed by atoms with E-state index in [9.17, 15) is 8.42 Å². The normalized spacial score (nSPS) is 21.8. The van der Waals surface area contributed by atoms with Crippen LogP contribution in [0.15, 0.2) is 59.5 Å². The number of sulfonamides is 1. The van der Waals surface area contributed by atoms with Crippen LogP contribution < -0.4 is 4.74 Å². The van der Waals surface area contributed by atoms with Gasteiger partial charge in [-0.2, -0.15) is 4.31 Å². The van der Waals surface area contributed by atoms with Crippen molar-refractivity contribution in [2.45, 2.75) is 30.9 Å². The summed E-state index contributed by atoms with van der Waals surface area (Å²) in [7, 11) is -3.59. The quantitative estimate of drug-likeness (QED) is 0.820. The number of nitrogens with zero attached hydrogens (tertiary/aromatic N) is 1. The number of hydrogen-bond acceptors (Lipinski definition) is 4. The fourth-order valence-electron chi connectivity index (χ4n) is 2.95. The summed E-state index contributed by atoms with van der Waals surface area (Å²) in [6.07, 6.45) is -0.255. The Hall–Kier alpha value is -1.89. The van der Waals surface area contributed by atoms with Crippen LogP contribution in [0.2, 0.25) is 0 Å². The van der Waals surface area contributed by atoms with E-state index >= 15 is 0 Å². The zero-order valence-electron chi connectivity index (χ0n) is 14.5. The van der Waals surface area contributed by atoms with Crippen LogP contribution in [-0.4, -0.2) is 38.5 Å². The Labute approximate surface area is 149 Å². The van der Waals surface area contributed by atoms with Crippen LogP contribution in [-0.2, 0) is 14.8 Å². The minimum absolute atomic E-state index is 0.212. The van der Waals surface area contributed by atoms with Gasteiger partial charge in [0.1, 0.15) is 5.75 Å². The molecule has 1 saturated heterocycles. The van der Waals surface area contributed by atoms with Gasteiger partial charge >= 0.3 is 0 Å². The Morgan fingerprint density at radius 2 is 1.80 bits per heavy atom. The summed E-state index contributed by atoms with van der Waals surface area (Å²) in [6, 6.07) is 16.1. The maximum absolute atomic E-state index is 13.1. The third-order valence-electron chi connectivity index (χ3n) is 4.29. The lowest BCUT2D eigenvalue weighted by molar-refractivity contribution is -0.0288. The third kappa shape index (κ3) is 3.86. The van der Waals surface area contributed by atoms with E-state index in [4.69, 9.17) is 9.47 Å². The zero-order chi connectivity index (χ0) is 17.9. The van der Waals surface area contributed by atoms with Gasteiger partial charge in [-0.3, -0.25) is 0 Å². The van der Waals surface area contributed by atoms with Crippen LogP contribution >= 0.6 is 0 Å². The van der Waals surface area contributed by atoms with E-state index in [-0.39, 0.29) is 17.0 Å². The first-order valence-corrected chi connectivity index (χ1v) is 9.87. The highest BCUT2D eigenvalue weighted by molar-refractivity contribution is 7.89. The van der Waals surface area contributed by atoms with Gasteiger partial charge in [0.15, 0.2) is 0 Å². The topological polar surface area (TPSA) is 55.8 Å². The number of hydrogen-bond donors (Lipinski definition) is 0. The van der Waals surface area contributed by atoms with Crippen LogP contribution in [0.25, 0.3) is 0 Å². The molecule has 6 heteroatoms. The Morgan fingerprint density at radius 3 is 2.44 bits per heavy atom. The van der Waals surface area contributed by atoms with Crippen molar-refractivity contribution < 1.29 is 17.9 Å². The van der Waals surface area contributed by atoms with Crippen molar-refractivity contribution in [3.05, 3.63) is 60.2 Å². The van der Waals surface area contributed by atoms with Crippen molar-refractivity contribution in [3.8, 4) is 5.75 Å². The Balaban J connectivity index is 1.84. The van der Waals surface area contributed by atoms with E-state index in [1.165, 1.54) is 4.31 Å². The first-order valence-electron chi connectivity index (χ1n) is 8.43. The zero-order valence-corrected chi connectivity index (χ0v) is 15.3. The van der Waals surface area contributed by atoms with Gasteiger partial charge in [-0.05, 0) is 43.7 Å². The van der Waals surface area contributed by atoms with Gasteiger partial charge < -0.3 is 9.47 Å². The van der Waals surface area contributed by atoms with Crippen LogP contribution in [0.1, 0.15) is 25.5 Å². The molecule has 0 aromatic heterocycles. The molecule has 2 unspecified atom stereocenters. The van der Waals surface area contributed by atoms with Gasteiger partial charge in [-0.1, -0.05) is 30.3 Å². The molecule has 134 valence electrons. The molecule has 2 aromatic rings. The Morgan fingerprint density at radius 1 is 1.12 bits per heavy atom. The molecule has 2 atom stereocenters. The van der Waals surface area contributed by atoms with Crippen LogP contribution in [0.5, 0.6) is 5.75 Å². The molecule has 2 aromatic carbocycles. The highest BCUT2D eigenvalue weighted by atomic mass is 32.2. The van der Waals surface area contributed by atoms with Crippen LogP contribution in [0, 0.1) is 0 Å². The van der Waals surface area contributed by atoms with Gasteiger partial charge in [-0.25, -0.2) is 8.42 Å². The fraction of sp³-hybridized carbons (Fsp3) is 0.368. The smallest absolute Gasteiger partial charge is 0.243 e. The molecule has 0 radical (unpaired) electrons. The minimum Gasteiger partial charge on any atom is -0.494 e. The highest BCUT2D eigenvalue weighted by Crippen LogP contribution is 2.30. The number of rotatable bonds is 5. The van der Waals surface area contributed by atoms with E-state index in [1.54, 1.807) is 24.3 Å². The second-order valence-corrected chi connectivity index (χ2v) is 7.95. The van der Waals surface area contributed by atoms with Gasteiger partial charge in [0.25, 0.3) is 0 Å². The fourth-order valence-corrected chi connectivity index (χ4v) is 4.57. The summed E-state index contributed by atoms with van der Waals surface area (Å²) >= 11 is 0. The maximum atomic E-state index is 13.1. The molecule has 0 amide bonds. The first kappa shape index (κ1) is 17.9. The molecule has 0 aliphatic carbocycles. The number of morpholine rings is 1. The molecule has 1 heterocycles. The molecule has 0 N–H and O–H groups in total. The standard InChI is InChI=1S/C19H23NO4S/c1-3-23-17-9-11-18(12-10-17)25(21,22)20-13-19(24-14-15(20)2)16-7-5-4-6-8-16/h4-12,15,19H,3,13-14H2,1-2H3. The second kappa shape index (κ2) is 7.56. The SMILES string of the molecule is CCOc1ccc(S(=O)(=O)N2CC(c3ccccc3)OCC2C)cc1. The number of benzene rings is 2. The molecular formula is C19H23NO4S. The lowest BCUT2D eigenvalue weighted by Gasteiger charge is -2.37. The predicted octanol–water partition coefficient (Wildman–Crippen LogP) is 3.24. The maximum Gasteiger partial charge on any atom is 0.243 e. The molecule has 25 heavy (non-hydrogen) atoms. The molecule has 1 fully saturated rings. The van der Waals surface area contributed by atoms with Crippen molar-refractivity contribution in [2.75, 3.05) is 19.8 Å². The average Bonchev–Trinajstić information content (AvgIpc) is 2.63. The molecule has 1 aliphatic heterocycles. The van der Waals surface area contributed by atoms with E-state index < -0.39 is 10.0 Å². The third-order valence-corrected chi connectivity index (χ3v) is 6.28. The Bertz CT molecular complexity index is 790. The monoisotopic (exact) mass is 361 g/mol. The minimum atomic E-state index is -3.59. The van der Waals surface area contributed by atoms with Crippen molar-refractivity contribution in [1.29, 1.82) is 0 Å². The highest BCUT2D eigenvalue weighted by Gasteiger charge is 2.36. The predicted molar refractivity (Wildman–Crippen MR) is 96.1 cm³/mol. The van der Waals surface area contributed by atoms with Crippen LogP contribution in [0.3, 0.4) is 0 Å². The summed E-state index contributed by atoms with van der Waals surface area (Å²) in [5.74, 6) is 0.665. The van der Waals surface area contributed by atoms with Gasteiger partial charge in [-0.15, -0.1) is 0 Å². The molecule has 5 nitrogen and oxygen atoms in total. The van der Waals surface area contributed by atoms with Crippen LogP contribution in [0.4, 0.5) is 0 Å². The lowest BCUT2D eigenvalue weighted by atomic mass is 10.1. The number of ether oxygens (including phenoxy) is 2. The summed E-state index contributed by atoms with van der Waals surface area (Å²) in [6.45, 7) is 4.99. The lowest BCUT2D eigenvalue weighted by Crippen LogP contribution is -2.48. The summed E-state index contributed by atoms with van der Waals surface area (Å²) in [5, 5.41) is 0. The van der Waals surface area contributed by atoms with Crippen molar-refractivity contribution in [2.24, 2.45) is 0 Å². The average molecular weight is 361 g/mol. The second-order valence-electron chi connectivity index (χ2n) is 6.06. The summed E-state index contributed by atoms with van der Waals surface area (Å²) in [5.41, 5.74) is 0.987. The van der Waals surface area contributed by atoms with Crippen molar-refractivity contribution in [1.82, 2.24) is 4.31 Å². The molecule has 0 bridgehead atoms. The Kier molecular flexibility index (Phi) is 5.42. The largest absolute Gasteiger partial charge is 0.494 e. The van der Waals surface area contributed by atoms with Gasteiger partial charge in [0.05, 0.1) is 24.2 Å². The van der Waals surface area contributed by atoms with E-state index in [1.807, 2.05) is 44.2 Å². The van der Waals surface area contributed by atoms with Gasteiger partial charge in [0.2, 0.25) is 10.0 Å². The summed E-state index contributed by atoms with van der Waals surface area (Å²) in [4.78, 5) is 0.275. The molecule has 0 spiro atoms. The molecule has 1 aliphatic rings. The molecule has 0 saturated carbocycles. The molecular weight excluding hydrogens is 338 g/mol. The van der Waals surface area contributed by atoms with Gasteiger partial charge in [0, 0.05) is 12.6 Å².